The molecule has 20 heavy (non-hydrogen) atoms. The number of amidine groups is 1. The minimum absolute atomic E-state index is 0.236. The third-order valence-corrected chi connectivity index (χ3v) is 3.46. The van der Waals surface area contributed by atoms with Crippen LogP contribution in [0.1, 0.15) is 32.3 Å². The Hall–Kier alpha value is -1.55. The molecule has 3 N–H and O–H groups in total. The van der Waals surface area contributed by atoms with E-state index in [-0.39, 0.29) is 11.3 Å². The number of benzene rings is 1. The number of nitrogens with two attached hydrogens (primary N) is 1. The molecule has 0 spiro atoms. The van der Waals surface area contributed by atoms with Crippen molar-refractivity contribution in [2.24, 2.45) is 11.1 Å². The van der Waals surface area contributed by atoms with Crippen LogP contribution in [-0.4, -0.2) is 26.2 Å². The van der Waals surface area contributed by atoms with Crippen LogP contribution in [0.3, 0.4) is 0 Å². The van der Waals surface area contributed by atoms with E-state index in [1.807, 2.05) is 26.0 Å². The van der Waals surface area contributed by atoms with E-state index in [1.54, 1.807) is 7.11 Å². The minimum atomic E-state index is -0.243. The molecule has 0 aromatic heterocycles. The van der Waals surface area contributed by atoms with E-state index in [9.17, 15) is 0 Å². The molecule has 112 valence electrons. The molecule has 0 heterocycles. The number of rotatable bonds is 9. The molecule has 0 unspecified atom stereocenters. The quantitative estimate of drug-likeness (QED) is 0.414. The average Bonchev–Trinajstić information content (AvgIpc) is 2.42. The molecule has 1 rings (SSSR count). The van der Waals surface area contributed by atoms with Gasteiger partial charge in [-0.15, -0.1) is 0 Å². The zero-order valence-corrected chi connectivity index (χ0v) is 12.7. The lowest BCUT2D eigenvalue weighted by Crippen LogP contribution is -2.31. The molecule has 4 heteroatoms. The molecule has 0 saturated heterocycles. The Kier molecular flexibility index (Phi) is 6.52. The molecule has 0 aliphatic carbocycles. The van der Waals surface area contributed by atoms with Gasteiger partial charge in [-0.1, -0.05) is 26.0 Å². The Balaban J connectivity index is 2.30. The molecule has 1 aromatic carbocycles. The van der Waals surface area contributed by atoms with Crippen molar-refractivity contribution in [3.63, 3.8) is 0 Å². The summed E-state index contributed by atoms with van der Waals surface area (Å²) in [6.45, 7) is 5.36. The second kappa shape index (κ2) is 7.90. The molecule has 4 nitrogen and oxygen atoms in total. The van der Waals surface area contributed by atoms with Gasteiger partial charge in [-0.2, -0.15) is 0 Å². The largest absolute Gasteiger partial charge is 0.494 e. The highest BCUT2D eigenvalue weighted by Crippen LogP contribution is 2.22. The Labute approximate surface area is 121 Å². The Morgan fingerprint density at radius 2 is 1.85 bits per heavy atom. The topological polar surface area (TPSA) is 68.3 Å². The first-order valence-corrected chi connectivity index (χ1v) is 7.01. The van der Waals surface area contributed by atoms with Crippen molar-refractivity contribution in [2.45, 2.75) is 33.1 Å². The number of hydrogen-bond donors (Lipinski definition) is 2. The number of methoxy groups -OCH3 is 1. The molecule has 0 aliphatic rings. The zero-order chi connectivity index (χ0) is 15.0. The van der Waals surface area contributed by atoms with Gasteiger partial charge in [-0.3, -0.25) is 5.41 Å². The highest BCUT2D eigenvalue weighted by atomic mass is 16.5. The van der Waals surface area contributed by atoms with Crippen molar-refractivity contribution in [2.75, 3.05) is 20.3 Å². The molecule has 1 aromatic rings. The Bertz CT molecular complexity index is 413. The lowest BCUT2D eigenvalue weighted by atomic mass is 9.87. The maximum absolute atomic E-state index is 7.50. The number of hydrogen-bond acceptors (Lipinski definition) is 3. The second-order valence-corrected chi connectivity index (χ2v) is 5.64. The second-order valence-electron chi connectivity index (χ2n) is 5.64. The van der Waals surface area contributed by atoms with Gasteiger partial charge >= 0.3 is 0 Å². The van der Waals surface area contributed by atoms with Crippen LogP contribution >= 0.6 is 0 Å². The summed E-state index contributed by atoms with van der Waals surface area (Å²) in [4.78, 5) is 0. The van der Waals surface area contributed by atoms with Gasteiger partial charge in [-0.25, -0.2) is 0 Å². The first-order chi connectivity index (χ1) is 9.45. The van der Waals surface area contributed by atoms with Gasteiger partial charge in [0.05, 0.1) is 19.0 Å². The standard InChI is InChI=1S/C16H26N2O2/c1-16(2,15(17)18)10-4-11-20-14-7-5-13(6-8-14)9-12-19-3/h5-8H,4,9-12H2,1-3H3,(H3,17,18). The SMILES string of the molecule is COCCc1ccc(OCCCC(C)(C)C(=N)N)cc1. The van der Waals surface area contributed by atoms with Crippen LogP contribution < -0.4 is 10.5 Å². The fraction of sp³-hybridized carbons (Fsp3) is 0.562. The lowest BCUT2D eigenvalue weighted by molar-refractivity contribution is 0.202. The molecule has 0 bridgehead atoms. The van der Waals surface area contributed by atoms with Crippen LogP contribution in [-0.2, 0) is 11.2 Å². The highest BCUT2D eigenvalue weighted by Gasteiger charge is 2.20. The van der Waals surface area contributed by atoms with Crippen LogP contribution in [0.15, 0.2) is 24.3 Å². The average molecular weight is 278 g/mol. The van der Waals surface area contributed by atoms with Crippen molar-refractivity contribution < 1.29 is 9.47 Å². The molecule has 0 saturated carbocycles. The molecular formula is C16H26N2O2. The first-order valence-electron chi connectivity index (χ1n) is 7.01. The Morgan fingerprint density at radius 3 is 2.40 bits per heavy atom. The number of ether oxygens (including phenoxy) is 2. The summed E-state index contributed by atoms with van der Waals surface area (Å²) in [5.41, 5.74) is 6.56. The van der Waals surface area contributed by atoms with E-state index in [4.69, 9.17) is 20.6 Å². The summed E-state index contributed by atoms with van der Waals surface area (Å²) in [6, 6.07) is 8.10. The van der Waals surface area contributed by atoms with Gasteiger partial charge in [0.15, 0.2) is 0 Å². The summed E-state index contributed by atoms with van der Waals surface area (Å²) in [5.74, 6) is 1.12. The molecule has 0 aliphatic heterocycles. The van der Waals surface area contributed by atoms with Crippen molar-refractivity contribution in [3.05, 3.63) is 29.8 Å². The van der Waals surface area contributed by atoms with E-state index >= 15 is 0 Å². The van der Waals surface area contributed by atoms with E-state index in [0.29, 0.717) is 6.61 Å². The van der Waals surface area contributed by atoms with E-state index < -0.39 is 0 Å². The predicted octanol–water partition coefficient (Wildman–Crippen LogP) is 3.00. The predicted molar refractivity (Wildman–Crippen MR) is 82.4 cm³/mol. The van der Waals surface area contributed by atoms with Gasteiger partial charge in [0, 0.05) is 12.5 Å². The third kappa shape index (κ3) is 5.61. The number of nitrogens with one attached hydrogen (secondary N) is 1. The van der Waals surface area contributed by atoms with Gasteiger partial charge in [0.1, 0.15) is 5.75 Å². The van der Waals surface area contributed by atoms with Gasteiger partial charge in [-0.05, 0) is 37.0 Å². The smallest absolute Gasteiger partial charge is 0.119 e. The fourth-order valence-electron chi connectivity index (χ4n) is 1.81. The summed E-state index contributed by atoms with van der Waals surface area (Å²) < 4.78 is 10.7. The van der Waals surface area contributed by atoms with Crippen molar-refractivity contribution >= 4 is 5.84 Å². The van der Waals surface area contributed by atoms with Crippen molar-refractivity contribution in [3.8, 4) is 5.75 Å². The van der Waals surface area contributed by atoms with Crippen LogP contribution in [0.25, 0.3) is 0 Å². The van der Waals surface area contributed by atoms with Gasteiger partial charge in [0.25, 0.3) is 0 Å². The molecular weight excluding hydrogens is 252 g/mol. The lowest BCUT2D eigenvalue weighted by Gasteiger charge is -2.22. The zero-order valence-electron chi connectivity index (χ0n) is 12.7. The fourth-order valence-corrected chi connectivity index (χ4v) is 1.81. The molecule has 0 amide bonds. The first kappa shape index (κ1) is 16.5. The maximum atomic E-state index is 7.50. The van der Waals surface area contributed by atoms with E-state index in [2.05, 4.69) is 12.1 Å². The van der Waals surface area contributed by atoms with Gasteiger partial charge < -0.3 is 15.2 Å². The molecule has 0 fully saturated rings. The van der Waals surface area contributed by atoms with Crippen LogP contribution in [0.2, 0.25) is 0 Å². The highest BCUT2D eigenvalue weighted by molar-refractivity contribution is 5.82. The Morgan fingerprint density at radius 1 is 1.20 bits per heavy atom. The normalized spacial score (nSPS) is 11.3. The maximum Gasteiger partial charge on any atom is 0.119 e. The van der Waals surface area contributed by atoms with Crippen LogP contribution in [0, 0.1) is 10.8 Å². The van der Waals surface area contributed by atoms with E-state index in [0.717, 1.165) is 31.6 Å². The summed E-state index contributed by atoms with van der Waals surface area (Å²) in [5, 5.41) is 7.50. The third-order valence-electron chi connectivity index (χ3n) is 3.46. The molecule has 0 atom stereocenters. The van der Waals surface area contributed by atoms with Crippen molar-refractivity contribution in [1.29, 1.82) is 5.41 Å². The minimum Gasteiger partial charge on any atom is -0.494 e. The van der Waals surface area contributed by atoms with E-state index in [1.165, 1.54) is 5.56 Å². The summed E-state index contributed by atoms with van der Waals surface area (Å²) >= 11 is 0. The van der Waals surface area contributed by atoms with Crippen LogP contribution in [0.4, 0.5) is 0 Å². The monoisotopic (exact) mass is 278 g/mol. The summed E-state index contributed by atoms with van der Waals surface area (Å²) in [6.07, 6.45) is 2.66. The van der Waals surface area contributed by atoms with Gasteiger partial charge in [0.2, 0.25) is 0 Å². The van der Waals surface area contributed by atoms with Crippen molar-refractivity contribution in [1.82, 2.24) is 0 Å². The van der Waals surface area contributed by atoms with Crippen LogP contribution in [0.5, 0.6) is 5.75 Å². The summed E-state index contributed by atoms with van der Waals surface area (Å²) in [7, 11) is 1.71. The molecule has 0 radical (unpaired) electrons.